The third kappa shape index (κ3) is 5.44. The minimum atomic E-state index is -3.42. The average Bonchev–Trinajstić information content (AvgIpc) is 3.18. The lowest BCUT2D eigenvalue weighted by molar-refractivity contribution is -0.110. The first kappa shape index (κ1) is 24.6. The largest absolute Gasteiger partial charge is 0.354 e. The van der Waals surface area contributed by atoms with Crippen LogP contribution in [0.25, 0.3) is 11.3 Å². The number of anilines is 2. The highest BCUT2D eigenvalue weighted by atomic mass is 32.2. The van der Waals surface area contributed by atoms with Gasteiger partial charge in [0.1, 0.15) is 5.82 Å². The summed E-state index contributed by atoms with van der Waals surface area (Å²) in [5.74, 6) is -0.723. The number of amides is 1. The summed E-state index contributed by atoms with van der Waals surface area (Å²) in [6.07, 6.45) is 0. The maximum atomic E-state index is 13.7. The topological polar surface area (TPSA) is 78.5 Å². The first-order valence-corrected chi connectivity index (χ1v) is 13.2. The lowest BCUT2D eigenvalue weighted by Gasteiger charge is -2.18. The van der Waals surface area contributed by atoms with Crippen molar-refractivity contribution in [1.29, 1.82) is 0 Å². The van der Waals surface area contributed by atoms with Crippen LogP contribution in [0.2, 0.25) is 0 Å². The zero-order chi connectivity index (χ0) is 25.0. The van der Waals surface area contributed by atoms with E-state index >= 15 is 0 Å². The Bertz CT molecular complexity index is 1350. The Kier molecular flexibility index (Phi) is 7.33. The van der Waals surface area contributed by atoms with E-state index in [9.17, 15) is 17.6 Å². The fourth-order valence-corrected chi connectivity index (χ4v) is 5.36. The van der Waals surface area contributed by atoms with Gasteiger partial charge in [-0.25, -0.2) is 12.8 Å². The van der Waals surface area contributed by atoms with Crippen molar-refractivity contribution in [1.82, 2.24) is 4.90 Å². The molecule has 0 spiro atoms. The van der Waals surface area contributed by atoms with Crippen molar-refractivity contribution in [2.24, 2.45) is 0 Å². The van der Waals surface area contributed by atoms with Gasteiger partial charge in [0.05, 0.1) is 27.6 Å². The molecular weight excluding hydrogens is 465 g/mol. The SMILES string of the molecule is CCN(CC)CCS(=O)(=O)c1ccc(N/C(=C2\C(=O)Nc3cc(F)ccc32)c2ccccc2)cc1. The first-order valence-electron chi connectivity index (χ1n) is 11.6. The molecule has 0 atom stereocenters. The van der Waals surface area contributed by atoms with Crippen LogP contribution in [0.15, 0.2) is 77.7 Å². The highest BCUT2D eigenvalue weighted by Crippen LogP contribution is 2.37. The van der Waals surface area contributed by atoms with E-state index in [1.54, 1.807) is 30.3 Å². The van der Waals surface area contributed by atoms with Gasteiger partial charge >= 0.3 is 0 Å². The summed E-state index contributed by atoms with van der Waals surface area (Å²) >= 11 is 0. The number of hydrogen-bond acceptors (Lipinski definition) is 5. The molecule has 3 aromatic carbocycles. The molecule has 4 rings (SSSR count). The number of halogens is 1. The summed E-state index contributed by atoms with van der Waals surface area (Å²) in [4.78, 5) is 15.2. The van der Waals surface area contributed by atoms with Gasteiger partial charge in [-0.15, -0.1) is 0 Å². The molecule has 1 heterocycles. The second-order valence-electron chi connectivity index (χ2n) is 8.26. The van der Waals surface area contributed by atoms with E-state index in [1.165, 1.54) is 12.1 Å². The summed E-state index contributed by atoms with van der Waals surface area (Å²) in [6, 6.07) is 20.1. The second kappa shape index (κ2) is 10.4. The van der Waals surface area contributed by atoms with Crippen molar-refractivity contribution in [3.8, 4) is 0 Å². The van der Waals surface area contributed by atoms with Crippen LogP contribution in [0.1, 0.15) is 25.0 Å². The predicted octanol–water partition coefficient (Wildman–Crippen LogP) is 4.87. The molecule has 0 fully saturated rings. The molecule has 2 N–H and O–H groups in total. The van der Waals surface area contributed by atoms with Gasteiger partial charge in [-0.3, -0.25) is 4.79 Å². The van der Waals surface area contributed by atoms with E-state index in [-0.39, 0.29) is 16.6 Å². The summed E-state index contributed by atoms with van der Waals surface area (Å²) < 4.78 is 39.3. The summed E-state index contributed by atoms with van der Waals surface area (Å²) in [5.41, 5.74) is 3.34. The molecule has 0 bridgehead atoms. The first-order chi connectivity index (χ1) is 16.8. The molecule has 0 aliphatic carbocycles. The Morgan fingerprint density at radius 3 is 2.31 bits per heavy atom. The molecule has 3 aromatic rings. The van der Waals surface area contributed by atoms with E-state index in [2.05, 4.69) is 15.5 Å². The lowest BCUT2D eigenvalue weighted by Crippen LogP contribution is -2.29. The monoisotopic (exact) mass is 493 g/mol. The van der Waals surface area contributed by atoms with E-state index in [4.69, 9.17) is 0 Å². The number of hydrogen-bond donors (Lipinski definition) is 2. The Morgan fingerprint density at radius 1 is 0.971 bits per heavy atom. The predicted molar refractivity (Wildman–Crippen MR) is 138 cm³/mol. The van der Waals surface area contributed by atoms with Gasteiger partial charge in [-0.1, -0.05) is 44.2 Å². The number of carbonyl (C=O) groups is 1. The van der Waals surface area contributed by atoms with Crippen molar-refractivity contribution in [3.05, 3.63) is 89.7 Å². The third-order valence-corrected chi connectivity index (χ3v) is 7.80. The van der Waals surface area contributed by atoms with Crippen LogP contribution < -0.4 is 10.6 Å². The molecule has 0 aromatic heterocycles. The van der Waals surface area contributed by atoms with Crippen LogP contribution in [0.5, 0.6) is 0 Å². The zero-order valence-corrected chi connectivity index (χ0v) is 20.5. The number of nitrogens with zero attached hydrogens (tertiary/aromatic N) is 1. The normalized spacial score (nSPS) is 14.6. The van der Waals surface area contributed by atoms with Gasteiger partial charge < -0.3 is 15.5 Å². The Morgan fingerprint density at radius 2 is 1.66 bits per heavy atom. The lowest BCUT2D eigenvalue weighted by atomic mass is 10.00. The molecule has 0 saturated heterocycles. The Hall–Kier alpha value is -3.49. The molecular formula is C27H28FN3O3S. The maximum Gasteiger partial charge on any atom is 0.258 e. The summed E-state index contributed by atoms with van der Waals surface area (Å²) in [5, 5.41) is 6.02. The number of nitrogens with one attached hydrogen (secondary N) is 2. The molecule has 0 unspecified atom stereocenters. The van der Waals surface area contributed by atoms with Crippen molar-refractivity contribution < 1.29 is 17.6 Å². The standard InChI is InChI=1S/C27H28FN3O3S/c1-3-31(4-2)16-17-35(33,34)22-13-11-21(12-14-22)29-26(19-8-6-5-7-9-19)25-23-15-10-20(28)18-24(23)30-27(25)32/h5-15,18,29H,3-4,16-17H2,1-2H3,(H,30,32)/b26-25-. The van der Waals surface area contributed by atoms with Crippen molar-refractivity contribution in [2.75, 3.05) is 36.0 Å². The van der Waals surface area contributed by atoms with Crippen LogP contribution in [0.4, 0.5) is 15.8 Å². The average molecular weight is 494 g/mol. The number of carbonyl (C=O) groups excluding carboxylic acids is 1. The maximum absolute atomic E-state index is 13.7. The van der Waals surface area contributed by atoms with Crippen LogP contribution in [-0.2, 0) is 14.6 Å². The minimum Gasteiger partial charge on any atom is -0.354 e. The van der Waals surface area contributed by atoms with Crippen LogP contribution >= 0.6 is 0 Å². The van der Waals surface area contributed by atoms with Crippen molar-refractivity contribution in [3.63, 3.8) is 0 Å². The van der Waals surface area contributed by atoms with Crippen LogP contribution in [0, 0.1) is 5.82 Å². The summed E-state index contributed by atoms with van der Waals surface area (Å²) in [7, 11) is -3.42. The molecule has 1 aliphatic rings. The summed E-state index contributed by atoms with van der Waals surface area (Å²) in [6.45, 7) is 6.10. The number of rotatable bonds is 9. The fraction of sp³-hybridized carbons (Fsp3) is 0.222. The smallest absolute Gasteiger partial charge is 0.258 e. The molecule has 6 nitrogen and oxygen atoms in total. The van der Waals surface area contributed by atoms with E-state index < -0.39 is 15.7 Å². The molecule has 182 valence electrons. The quantitative estimate of drug-likeness (QED) is 0.416. The van der Waals surface area contributed by atoms with Crippen LogP contribution in [0.3, 0.4) is 0 Å². The van der Waals surface area contributed by atoms with E-state index in [1.807, 2.05) is 44.2 Å². The Labute approximate surface area is 205 Å². The third-order valence-electron chi connectivity index (χ3n) is 6.09. The van der Waals surface area contributed by atoms with Crippen molar-refractivity contribution in [2.45, 2.75) is 18.7 Å². The molecule has 35 heavy (non-hydrogen) atoms. The van der Waals surface area contributed by atoms with Crippen molar-refractivity contribution >= 4 is 38.4 Å². The van der Waals surface area contributed by atoms with Crippen LogP contribution in [-0.4, -0.2) is 44.6 Å². The van der Waals surface area contributed by atoms with Gasteiger partial charge in [0.2, 0.25) is 0 Å². The molecule has 1 aliphatic heterocycles. The molecule has 1 amide bonds. The second-order valence-corrected chi connectivity index (χ2v) is 10.4. The van der Waals surface area contributed by atoms with Gasteiger partial charge in [0, 0.05) is 17.8 Å². The highest BCUT2D eigenvalue weighted by Gasteiger charge is 2.29. The molecule has 8 heteroatoms. The zero-order valence-electron chi connectivity index (χ0n) is 19.7. The molecule has 0 radical (unpaired) electrons. The van der Waals surface area contributed by atoms with Gasteiger partial charge in [-0.2, -0.15) is 0 Å². The highest BCUT2D eigenvalue weighted by molar-refractivity contribution is 7.91. The molecule has 0 saturated carbocycles. The van der Waals surface area contributed by atoms with E-state index in [0.717, 1.165) is 18.7 Å². The van der Waals surface area contributed by atoms with Gasteiger partial charge in [-0.05, 0) is 61.1 Å². The van der Waals surface area contributed by atoms with Gasteiger partial charge in [0.25, 0.3) is 5.91 Å². The van der Waals surface area contributed by atoms with Gasteiger partial charge in [0.15, 0.2) is 9.84 Å². The number of benzene rings is 3. The number of sulfone groups is 1. The Balaban J connectivity index is 1.66. The fourth-order valence-electron chi connectivity index (χ4n) is 4.07. The minimum absolute atomic E-state index is 0.0499. The number of fused-ring (bicyclic) bond motifs is 1. The van der Waals surface area contributed by atoms with E-state index in [0.29, 0.717) is 34.8 Å².